The van der Waals surface area contributed by atoms with E-state index in [-0.39, 0.29) is 30.7 Å². The molecule has 0 aliphatic carbocycles. The van der Waals surface area contributed by atoms with Gasteiger partial charge in [-0.05, 0) is 47.2 Å². The predicted molar refractivity (Wildman–Crippen MR) is 162 cm³/mol. The molecule has 6 nitrogen and oxygen atoms in total. The zero-order valence-corrected chi connectivity index (χ0v) is 23.6. The van der Waals surface area contributed by atoms with E-state index in [4.69, 9.17) is 0 Å². The van der Waals surface area contributed by atoms with Crippen LogP contribution in [0.15, 0.2) is 109 Å². The molecule has 0 spiro atoms. The van der Waals surface area contributed by atoms with Gasteiger partial charge in [-0.2, -0.15) is 0 Å². The van der Waals surface area contributed by atoms with Gasteiger partial charge in [-0.25, -0.2) is 0 Å². The van der Waals surface area contributed by atoms with Crippen LogP contribution < -0.4 is 0 Å². The van der Waals surface area contributed by atoms with Gasteiger partial charge in [0.05, 0.1) is 6.42 Å². The SMILES string of the molecule is CCN(Cc1ccccc1)C(=O)c1ccccc1-c1ccccc1C(=O)N(CCC(=O)O)CC(C)c1ccccc1. The molecule has 210 valence electrons. The molecule has 1 atom stereocenters. The van der Waals surface area contributed by atoms with Crippen molar-refractivity contribution in [2.24, 2.45) is 0 Å². The fraction of sp³-hybridized carbons (Fsp3) is 0.229. The maximum absolute atomic E-state index is 14.1. The van der Waals surface area contributed by atoms with Crippen molar-refractivity contribution in [1.82, 2.24) is 9.80 Å². The fourth-order valence-electron chi connectivity index (χ4n) is 5.00. The number of hydrogen-bond donors (Lipinski definition) is 1. The molecule has 0 aliphatic rings. The number of aliphatic carboxylic acids is 1. The van der Waals surface area contributed by atoms with E-state index in [1.54, 1.807) is 28.0 Å². The van der Waals surface area contributed by atoms with Crippen molar-refractivity contribution in [3.63, 3.8) is 0 Å². The Hall–Kier alpha value is -4.71. The Bertz CT molecular complexity index is 1470. The first-order chi connectivity index (χ1) is 19.9. The van der Waals surface area contributed by atoms with Crippen LogP contribution in [0.4, 0.5) is 0 Å². The lowest BCUT2D eigenvalue weighted by Gasteiger charge is -2.27. The number of carboxylic acid groups (broad SMARTS) is 1. The molecule has 1 N–H and O–H groups in total. The molecule has 41 heavy (non-hydrogen) atoms. The summed E-state index contributed by atoms with van der Waals surface area (Å²) in [5.41, 5.74) is 4.37. The van der Waals surface area contributed by atoms with Crippen LogP contribution >= 0.6 is 0 Å². The van der Waals surface area contributed by atoms with E-state index in [1.807, 2.05) is 105 Å². The number of amides is 2. The summed E-state index contributed by atoms with van der Waals surface area (Å²) in [5, 5.41) is 9.40. The van der Waals surface area contributed by atoms with E-state index in [2.05, 4.69) is 0 Å². The first-order valence-corrected chi connectivity index (χ1v) is 14.0. The molecule has 0 radical (unpaired) electrons. The third-order valence-electron chi connectivity index (χ3n) is 7.24. The number of carbonyl (C=O) groups is 3. The molecule has 0 aliphatic heterocycles. The topological polar surface area (TPSA) is 77.9 Å². The van der Waals surface area contributed by atoms with Crippen molar-refractivity contribution in [3.05, 3.63) is 131 Å². The minimum Gasteiger partial charge on any atom is -0.481 e. The van der Waals surface area contributed by atoms with E-state index in [0.717, 1.165) is 11.1 Å². The van der Waals surface area contributed by atoms with Crippen molar-refractivity contribution in [2.45, 2.75) is 32.7 Å². The lowest BCUT2D eigenvalue weighted by molar-refractivity contribution is -0.137. The Labute approximate surface area is 241 Å². The van der Waals surface area contributed by atoms with Crippen molar-refractivity contribution >= 4 is 17.8 Å². The maximum atomic E-state index is 14.1. The predicted octanol–water partition coefficient (Wildman–Crippen LogP) is 6.74. The fourth-order valence-corrected chi connectivity index (χ4v) is 5.00. The Morgan fingerprint density at radius 1 is 0.683 bits per heavy atom. The zero-order valence-electron chi connectivity index (χ0n) is 23.6. The molecule has 4 aromatic rings. The number of nitrogens with zero attached hydrogens (tertiary/aromatic N) is 2. The molecule has 4 rings (SSSR count). The second-order valence-corrected chi connectivity index (χ2v) is 10.1. The van der Waals surface area contributed by atoms with Crippen molar-refractivity contribution in [1.29, 1.82) is 0 Å². The van der Waals surface area contributed by atoms with Crippen LogP contribution in [0.5, 0.6) is 0 Å². The molecule has 0 saturated carbocycles. The standard InChI is InChI=1S/C35H36N2O4/c1-3-36(25-27-14-6-4-7-15-27)34(40)31-20-12-10-18-29(31)30-19-11-13-21-32(30)35(41)37(23-22-33(38)39)24-26(2)28-16-8-5-9-17-28/h4-21,26H,3,22-25H2,1-2H3,(H,38,39). The largest absolute Gasteiger partial charge is 0.481 e. The summed E-state index contributed by atoms with van der Waals surface area (Å²) in [7, 11) is 0. The summed E-state index contributed by atoms with van der Waals surface area (Å²) < 4.78 is 0. The summed E-state index contributed by atoms with van der Waals surface area (Å²) in [6.45, 7) is 5.44. The molecule has 4 aromatic carbocycles. The number of carbonyl (C=O) groups excluding carboxylic acids is 2. The van der Waals surface area contributed by atoms with Crippen molar-refractivity contribution < 1.29 is 19.5 Å². The highest BCUT2D eigenvalue weighted by molar-refractivity contribution is 6.06. The van der Waals surface area contributed by atoms with Gasteiger partial charge in [0.25, 0.3) is 11.8 Å². The van der Waals surface area contributed by atoms with Gasteiger partial charge < -0.3 is 14.9 Å². The van der Waals surface area contributed by atoms with Crippen molar-refractivity contribution in [2.75, 3.05) is 19.6 Å². The summed E-state index contributed by atoms with van der Waals surface area (Å²) in [6.07, 6.45) is -0.157. The highest BCUT2D eigenvalue weighted by atomic mass is 16.4. The Kier molecular flexibility index (Phi) is 10.1. The molecular formula is C35H36N2O4. The number of rotatable bonds is 12. The van der Waals surface area contributed by atoms with E-state index in [9.17, 15) is 19.5 Å². The number of benzene rings is 4. The maximum Gasteiger partial charge on any atom is 0.305 e. The molecule has 2 amide bonds. The van der Waals surface area contributed by atoms with Crippen LogP contribution in [0.1, 0.15) is 58.0 Å². The third kappa shape index (κ3) is 7.48. The lowest BCUT2D eigenvalue weighted by atomic mass is 9.93. The van der Waals surface area contributed by atoms with Crippen molar-refractivity contribution in [3.8, 4) is 11.1 Å². The van der Waals surface area contributed by atoms with Gasteiger partial charge in [0.2, 0.25) is 0 Å². The molecule has 6 heteroatoms. The third-order valence-corrected chi connectivity index (χ3v) is 7.24. The quantitative estimate of drug-likeness (QED) is 0.213. The van der Waals surface area contributed by atoms with Gasteiger partial charge in [-0.15, -0.1) is 0 Å². The highest BCUT2D eigenvalue weighted by Gasteiger charge is 2.25. The Morgan fingerprint density at radius 2 is 1.17 bits per heavy atom. The monoisotopic (exact) mass is 548 g/mol. The van der Waals surface area contributed by atoms with Crippen LogP contribution in [0.3, 0.4) is 0 Å². The average molecular weight is 549 g/mol. The van der Waals surface area contributed by atoms with Gasteiger partial charge in [0, 0.05) is 37.3 Å². The van der Waals surface area contributed by atoms with Crippen LogP contribution in [-0.4, -0.2) is 52.3 Å². The van der Waals surface area contributed by atoms with Crippen LogP contribution in [-0.2, 0) is 11.3 Å². The van der Waals surface area contributed by atoms with Gasteiger partial charge in [0.1, 0.15) is 0 Å². The van der Waals surface area contributed by atoms with Gasteiger partial charge in [-0.3, -0.25) is 14.4 Å². The van der Waals surface area contributed by atoms with Gasteiger partial charge in [-0.1, -0.05) is 104 Å². The molecule has 0 saturated heterocycles. The molecule has 0 heterocycles. The smallest absolute Gasteiger partial charge is 0.305 e. The second kappa shape index (κ2) is 14.1. The normalized spacial score (nSPS) is 11.5. The molecule has 0 aromatic heterocycles. The van der Waals surface area contributed by atoms with Gasteiger partial charge in [0.15, 0.2) is 0 Å². The highest BCUT2D eigenvalue weighted by Crippen LogP contribution is 2.30. The first kappa shape index (κ1) is 29.3. The molecule has 0 fully saturated rings. The van der Waals surface area contributed by atoms with Crippen LogP contribution in [0.25, 0.3) is 11.1 Å². The first-order valence-electron chi connectivity index (χ1n) is 14.0. The lowest BCUT2D eigenvalue weighted by Crippen LogP contribution is -2.36. The van der Waals surface area contributed by atoms with Crippen LogP contribution in [0, 0.1) is 0 Å². The zero-order chi connectivity index (χ0) is 29.2. The van der Waals surface area contributed by atoms with E-state index < -0.39 is 5.97 Å². The van der Waals surface area contributed by atoms with Gasteiger partial charge >= 0.3 is 5.97 Å². The molecular weight excluding hydrogens is 512 g/mol. The average Bonchev–Trinajstić information content (AvgIpc) is 3.02. The van der Waals surface area contributed by atoms with E-state index >= 15 is 0 Å². The van der Waals surface area contributed by atoms with E-state index in [0.29, 0.717) is 41.9 Å². The Balaban J connectivity index is 1.68. The van der Waals surface area contributed by atoms with E-state index in [1.165, 1.54) is 0 Å². The summed E-state index contributed by atoms with van der Waals surface area (Å²) in [5.74, 6) is -1.33. The number of carboxylic acids is 1. The molecule has 1 unspecified atom stereocenters. The number of hydrogen-bond acceptors (Lipinski definition) is 3. The Morgan fingerprint density at radius 3 is 1.71 bits per heavy atom. The minimum absolute atomic E-state index is 0.00562. The summed E-state index contributed by atoms with van der Waals surface area (Å²) >= 11 is 0. The summed E-state index contributed by atoms with van der Waals surface area (Å²) in [4.78, 5) is 42.8. The second-order valence-electron chi connectivity index (χ2n) is 10.1. The minimum atomic E-state index is -0.961. The van der Waals surface area contributed by atoms with Crippen LogP contribution in [0.2, 0.25) is 0 Å². The molecule has 0 bridgehead atoms. The summed E-state index contributed by atoms with van der Waals surface area (Å²) in [6, 6.07) is 34.3.